The standard InChI is InChI=1S/C10H21NO2/c1-8(12)5-6-13-10-4-2-3-9(11)7-10/h8-10,12H,2-7,11H2,1H3. The summed E-state index contributed by atoms with van der Waals surface area (Å²) in [5, 5.41) is 9.03. The van der Waals surface area contributed by atoms with E-state index in [-0.39, 0.29) is 6.10 Å². The first-order chi connectivity index (χ1) is 6.18. The minimum atomic E-state index is -0.253. The van der Waals surface area contributed by atoms with Gasteiger partial charge in [-0.1, -0.05) is 0 Å². The van der Waals surface area contributed by atoms with Crippen LogP contribution >= 0.6 is 0 Å². The predicted molar refractivity (Wildman–Crippen MR) is 52.5 cm³/mol. The molecule has 0 amide bonds. The van der Waals surface area contributed by atoms with Gasteiger partial charge >= 0.3 is 0 Å². The van der Waals surface area contributed by atoms with E-state index in [0.717, 1.165) is 25.7 Å². The molecule has 1 aliphatic carbocycles. The molecule has 3 nitrogen and oxygen atoms in total. The summed E-state index contributed by atoms with van der Waals surface area (Å²) in [7, 11) is 0. The van der Waals surface area contributed by atoms with Crippen molar-refractivity contribution in [3.63, 3.8) is 0 Å². The molecule has 1 fully saturated rings. The van der Waals surface area contributed by atoms with Crippen molar-refractivity contribution >= 4 is 0 Å². The summed E-state index contributed by atoms with van der Waals surface area (Å²) in [4.78, 5) is 0. The van der Waals surface area contributed by atoms with Crippen LogP contribution in [0.1, 0.15) is 39.0 Å². The molecule has 0 aromatic carbocycles. The molecule has 3 unspecified atom stereocenters. The first-order valence-corrected chi connectivity index (χ1v) is 5.23. The van der Waals surface area contributed by atoms with Crippen molar-refractivity contribution in [2.24, 2.45) is 5.73 Å². The number of hydrogen-bond acceptors (Lipinski definition) is 3. The Morgan fingerprint density at radius 3 is 2.92 bits per heavy atom. The van der Waals surface area contributed by atoms with E-state index < -0.39 is 0 Å². The summed E-state index contributed by atoms with van der Waals surface area (Å²) in [6.45, 7) is 2.45. The Labute approximate surface area is 80.3 Å². The van der Waals surface area contributed by atoms with Crippen molar-refractivity contribution in [2.45, 2.75) is 57.3 Å². The second kappa shape index (κ2) is 5.58. The molecule has 3 heteroatoms. The summed E-state index contributed by atoms with van der Waals surface area (Å²) >= 11 is 0. The lowest BCUT2D eigenvalue weighted by Gasteiger charge is -2.26. The molecule has 1 rings (SSSR count). The highest BCUT2D eigenvalue weighted by Gasteiger charge is 2.19. The highest BCUT2D eigenvalue weighted by Crippen LogP contribution is 2.19. The number of ether oxygens (including phenoxy) is 1. The topological polar surface area (TPSA) is 55.5 Å². The van der Waals surface area contributed by atoms with E-state index in [9.17, 15) is 0 Å². The minimum Gasteiger partial charge on any atom is -0.393 e. The summed E-state index contributed by atoms with van der Waals surface area (Å²) in [6.07, 6.45) is 5.25. The molecule has 0 aromatic heterocycles. The fraction of sp³-hybridized carbons (Fsp3) is 1.00. The maximum Gasteiger partial charge on any atom is 0.0589 e. The van der Waals surface area contributed by atoms with Crippen LogP contribution in [0.2, 0.25) is 0 Å². The SMILES string of the molecule is CC(O)CCOC1CCCC(N)C1. The molecule has 78 valence electrons. The molecular formula is C10H21NO2. The third-order valence-corrected chi connectivity index (χ3v) is 2.56. The Balaban J connectivity index is 2.06. The van der Waals surface area contributed by atoms with Gasteiger partial charge in [0.1, 0.15) is 0 Å². The zero-order valence-corrected chi connectivity index (χ0v) is 8.41. The Hall–Kier alpha value is -0.120. The first kappa shape index (κ1) is 11.0. The van der Waals surface area contributed by atoms with Crippen LogP contribution in [0.25, 0.3) is 0 Å². The van der Waals surface area contributed by atoms with Crippen LogP contribution in [0.4, 0.5) is 0 Å². The Morgan fingerprint density at radius 1 is 1.54 bits per heavy atom. The Kier molecular flexibility index (Phi) is 4.70. The molecule has 0 heterocycles. The van der Waals surface area contributed by atoms with Gasteiger partial charge in [-0.15, -0.1) is 0 Å². The van der Waals surface area contributed by atoms with Crippen LogP contribution in [-0.2, 0) is 4.74 Å². The Morgan fingerprint density at radius 2 is 2.31 bits per heavy atom. The number of rotatable bonds is 4. The fourth-order valence-corrected chi connectivity index (χ4v) is 1.74. The molecule has 0 spiro atoms. The third-order valence-electron chi connectivity index (χ3n) is 2.56. The molecular weight excluding hydrogens is 166 g/mol. The number of nitrogens with two attached hydrogens (primary N) is 1. The number of aliphatic hydroxyl groups is 1. The van der Waals surface area contributed by atoms with E-state index in [1.807, 2.05) is 0 Å². The molecule has 13 heavy (non-hydrogen) atoms. The van der Waals surface area contributed by atoms with Crippen molar-refractivity contribution in [3.8, 4) is 0 Å². The monoisotopic (exact) mass is 187 g/mol. The van der Waals surface area contributed by atoms with Gasteiger partial charge in [0, 0.05) is 12.6 Å². The summed E-state index contributed by atoms with van der Waals surface area (Å²) in [5.74, 6) is 0. The molecule has 0 aromatic rings. The molecule has 3 N–H and O–H groups in total. The zero-order chi connectivity index (χ0) is 9.68. The zero-order valence-electron chi connectivity index (χ0n) is 8.41. The third kappa shape index (κ3) is 4.60. The second-order valence-electron chi connectivity index (χ2n) is 4.06. The van der Waals surface area contributed by atoms with Crippen molar-refractivity contribution in [1.29, 1.82) is 0 Å². The molecule has 1 aliphatic rings. The van der Waals surface area contributed by atoms with Gasteiger partial charge in [0.15, 0.2) is 0 Å². The number of aliphatic hydroxyl groups excluding tert-OH is 1. The highest BCUT2D eigenvalue weighted by molar-refractivity contribution is 4.75. The van der Waals surface area contributed by atoms with Crippen LogP contribution in [0.5, 0.6) is 0 Å². The normalized spacial score (nSPS) is 31.6. The van der Waals surface area contributed by atoms with Gasteiger partial charge in [-0.25, -0.2) is 0 Å². The van der Waals surface area contributed by atoms with E-state index in [1.54, 1.807) is 6.92 Å². The van der Waals surface area contributed by atoms with E-state index >= 15 is 0 Å². The summed E-state index contributed by atoms with van der Waals surface area (Å²) in [5.41, 5.74) is 5.83. The van der Waals surface area contributed by atoms with Crippen LogP contribution in [-0.4, -0.2) is 30.0 Å². The lowest BCUT2D eigenvalue weighted by Crippen LogP contribution is -2.32. The molecule has 0 saturated heterocycles. The van der Waals surface area contributed by atoms with Gasteiger partial charge in [0.25, 0.3) is 0 Å². The van der Waals surface area contributed by atoms with Crippen molar-refractivity contribution in [1.82, 2.24) is 0 Å². The average Bonchev–Trinajstić information content (AvgIpc) is 2.03. The van der Waals surface area contributed by atoms with Crippen LogP contribution in [0, 0.1) is 0 Å². The fourth-order valence-electron chi connectivity index (χ4n) is 1.74. The van der Waals surface area contributed by atoms with Gasteiger partial charge in [0.2, 0.25) is 0 Å². The van der Waals surface area contributed by atoms with Gasteiger partial charge in [-0.05, 0) is 39.0 Å². The van der Waals surface area contributed by atoms with Gasteiger partial charge in [0.05, 0.1) is 12.2 Å². The maximum absolute atomic E-state index is 9.03. The quantitative estimate of drug-likeness (QED) is 0.691. The van der Waals surface area contributed by atoms with Gasteiger partial charge < -0.3 is 15.6 Å². The predicted octanol–water partition coefficient (Wildman–Crippen LogP) is 1.04. The minimum absolute atomic E-state index is 0.253. The highest BCUT2D eigenvalue weighted by atomic mass is 16.5. The molecule has 0 radical (unpaired) electrons. The van der Waals surface area contributed by atoms with Gasteiger partial charge in [-0.2, -0.15) is 0 Å². The van der Waals surface area contributed by atoms with Crippen molar-refractivity contribution < 1.29 is 9.84 Å². The molecule has 0 bridgehead atoms. The first-order valence-electron chi connectivity index (χ1n) is 5.23. The molecule has 3 atom stereocenters. The van der Waals surface area contributed by atoms with E-state index in [4.69, 9.17) is 15.6 Å². The molecule has 0 aliphatic heterocycles. The lowest BCUT2D eigenvalue weighted by molar-refractivity contribution is 0.00799. The smallest absolute Gasteiger partial charge is 0.0589 e. The van der Waals surface area contributed by atoms with E-state index in [2.05, 4.69) is 0 Å². The van der Waals surface area contributed by atoms with Crippen LogP contribution < -0.4 is 5.73 Å². The Bertz CT molecular complexity index is 139. The van der Waals surface area contributed by atoms with Gasteiger partial charge in [-0.3, -0.25) is 0 Å². The van der Waals surface area contributed by atoms with Crippen molar-refractivity contribution in [2.75, 3.05) is 6.61 Å². The average molecular weight is 187 g/mol. The largest absolute Gasteiger partial charge is 0.393 e. The van der Waals surface area contributed by atoms with Crippen molar-refractivity contribution in [3.05, 3.63) is 0 Å². The maximum atomic E-state index is 9.03. The lowest BCUT2D eigenvalue weighted by atomic mass is 9.93. The molecule has 1 saturated carbocycles. The van der Waals surface area contributed by atoms with Crippen LogP contribution in [0.15, 0.2) is 0 Å². The second-order valence-corrected chi connectivity index (χ2v) is 4.06. The van der Waals surface area contributed by atoms with Crippen LogP contribution in [0.3, 0.4) is 0 Å². The van der Waals surface area contributed by atoms with E-state index in [0.29, 0.717) is 18.8 Å². The summed E-state index contributed by atoms with van der Waals surface area (Å²) < 4.78 is 5.62. The summed E-state index contributed by atoms with van der Waals surface area (Å²) in [6, 6.07) is 0.324. The number of hydrogen-bond donors (Lipinski definition) is 2. The van der Waals surface area contributed by atoms with E-state index in [1.165, 1.54) is 6.42 Å².